The summed E-state index contributed by atoms with van der Waals surface area (Å²) in [5.74, 6) is 0.930. The van der Waals surface area contributed by atoms with E-state index in [-0.39, 0.29) is 37.2 Å². The number of aryl methyl sites for hydroxylation is 2. The van der Waals surface area contributed by atoms with Crippen LogP contribution >= 0.6 is 0 Å². The first kappa shape index (κ1) is 20.9. The number of para-hydroxylation sites is 1. The molecule has 0 unspecified atom stereocenters. The number of anilines is 3. The summed E-state index contributed by atoms with van der Waals surface area (Å²) < 4.78 is 10.5. The smallest absolute Gasteiger partial charge is 0.306 e. The fraction of sp³-hybridized carbons (Fsp3) is 0.182. The first-order valence-electron chi connectivity index (χ1n) is 9.93. The molecule has 4 rings (SSSR count). The summed E-state index contributed by atoms with van der Waals surface area (Å²) in [4.78, 5) is 28.8. The molecule has 0 radical (unpaired) electrons. The van der Waals surface area contributed by atoms with Crippen LogP contribution in [0.4, 0.5) is 17.6 Å². The number of ether oxygens (including phenoxy) is 1. The molecule has 0 bridgehead atoms. The molecule has 2 aromatic carbocycles. The summed E-state index contributed by atoms with van der Waals surface area (Å²) >= 11 is 0. The molecule has 0 fully saturated rings. The number of benzene rings is 2. The van der Waals surface area contributed by atoms with E-state index in [0.29, 0.717) is 11.7 Å². The van der Waals surface area contributed by atoms with Gasteiger partial charge in [-0.2, -0.15) is 19.9 Å². The average molecular weight is 431 g/mol. The molecule has 0 aliphatic rings. The number of carbonyl (C=O) groups excluding carboxylic acids is 1. The molecule has 0 atom stereocenters. The van der Waals surface area contributed by atoms with E-state index in [9.17, 15) is 4.79 Å². The molecular formula is C22H21N7O3. The van der Waals surface area contributed by atoms with Gasteiger partial charge in [-0.3, -0.25) is 4.79 Å². The maximum absolute atomic E-state index is 12.1. The molecule has 0 spiro atoms. The summed E-state index contributed by atoms with van der Waals surface area (Å²) in [5.41, 5.74) is 8.48. The predicted molar refractivity (Wildman–Crippen MR) is 117 cm³/mol. The van der Waals surface area contributed by atoms with Crippen molar-refractivity contribution < 1.29 is 14.1 Å². The van der Waals surface area contributed by atoms with Crippen molar-refractivity contribution in [1.82, 2.24) is 25.1 Å². The van der Waals surface area contributed by atoms with Crippen LogP contribution in [0, 0.1) is 6.92 Å². The van der Waals surface area contributed by atoms with Gasteiger partial charge < -0.3 is 20.3 Å². The minimum atomic E-state index is -0.447. The Morgan fingerprint density at radius 2 is 1.81 bits per heavy atom. The Kier molecular flexibility index (Phi) is 6.30. The molecule has 0 aliphatic carbocycles. The minimum Gasteiger partial charge on any atom is -0.457 e. The first-order chi connectivity index (χ1) is 15.6. The molecule has 0 amide bonds. The lowest BCUT2D eigenvalue weighted by Crippen LogP contribution is -2.11. The van der Waals surface area contributed by atoms with Crippen LogP contribution in [0.3, 0.4) is 0 Å². The lowest BCUT2D eigenvalue weighted by Gasteiger charge is -2.09. The van der Waals surface area contributed by atoms with Gasteiger partial charge in [0, 0.05) is 17.7 Å². The van der Waals surface area contributed by atoms with Gasteiger partial charge >= 0.3 is 5.97 Å². The van der Waals surface area contributed by atoms with Crippen LogP contribution in [-0.4, -0.2) is 31.1 Å². The third kappa shape index (κ3) is 5.42. The van der Waals surface area contributed by atoms with Gasteiger partial charge in [0.25, 0.3) is 0 Å². The highest BCUT2D eigenvalue weighted by Gasteiger charge is 2.13. The number of rotatable bonds is 8. The maximum atomic E-state index is 12.1. The fourth-order valence-electron chi connectivity index (χ4n) is 2.88. The van der Waals surface area contributed by atoms with Crippen molar-refractivity contribution in [2.24, 2.45) is 0 Å². The van der Waals surface area contributed by atoms with Crippen molar-refractivity contribution in [3.05, 3.63) is 71.9 Å². The standard InChI is InChI=1S/C22H21N7O3/c1-14-7-5-6-10-16(14)24-22-26-17(25-21(23)28-22)13-31-19(30)12-11-18-27-20(29-32-18)15-8-3-2-4-9-15/h2-10H,11-13H2,1H3,(H3,23,24,25,26,28). The molecule has 4 aromatic rings. The molecule has 10 nitrogen and oxygen atoms in total. The SMILES string of the molecule is Cc1ccccc1Nc1nc(N)nc(COC(=O)CCc2nc(-c3ccccc3)no2)n1. The minimum absolute atomic E-state index is 0.0291. The second-order valence-electron chi connectivity index (χ2n) is 6.91. The van der Waals surface area contributed by atoms with Gasteiger partial charge in [-0.15, -0.1) is 0 Å². The zero-order valence-electron chi connectivity index (χ0n) is 17.4. The van der Waals surface area contributed by atoms with Crippen LogP contribution in [-0.2, 0) is 22.6 Å². The number of nitrogens with one attached hydrogen (secondary N) is 1. The molecule has 32 heavy (non-hydrogen) atoms. The lowest BCUT2D eigenvalue weighted by atomic mass is 10.2. The summed E-state index contributed by atoms with van der Waals surface area (Å²) in [6.45, 7) is 1.83. The molecular weight excluding hydrogens is 410 g/mol. The zero-order chi connectivity index (χ0) is 22.3. The summed E-state index contributed by atoms with van der Waals surface area (Å²) in [5, 5.41) is 7.03. The highest BCUT2D eigenvalue weighted by molar-refractivity contribution is 5.69. The van der Waals surface area contributed by atoms with E-state index in [4.69, 9.17) is 15.0 Å². The number of nitrogens with two attached hydrogens (primary N) is 1. The van der Waals surface area contributed by atoms with E-state index in [1.54, 1.807) is 0 Å². The molecule has 2 aromatic heterocycles. The second-order valence-corrected chi connectivity index (χ2v) is 6.91. The molecule has 162 valence electrons. The monoisotopic (exact) mass is 431 g/mol. The van der Waals surface area contributed by atoms with Crippen LogP contribution in [0.1, 0.15) is 23.7 Å². The van der Waals surface area contributed by atoms with Gasteiger partial charge in [0.1, 0.15) is 0 Å². The lowest BCUT2D eigenvalue weighted by molar-refractivity contribution is -0.145. The van der Waals surface area contributed by atoms with E-state index in [2.05, 4.69) is 30.4 Å². The number of hydrogen-bond acceptors (Lipinski definition) is 10. The molecule has 2 heterocycles. The van der Waals surface area contributed by atoms with Crippen molar-refractivity contribution in [1.29, 1.82) is 0 Å². The van der Waals surface area contributed by atoms with Gasteiger partial charge in [-0.1, -0.05) is 53.7 Å². The number of hydrogen-bond donors (Lipinski definition) is 2. The van der Waals surface area contributed by atoms with Gasteiger partial charge in [0.15, 0.2) is 12.4 Å². The Labute approximate surface area is 183 Å². The van der Waals surface area contributed by atoms with E-state index in [1.807, 2.05) is 61.5 Å². The van der Waals surface area contributed by atoms with Crippen LogP contribution in [0.2, 0.25) is 0 Å². The Hall–Kier alpha value is -4.34. The van der Waals surface area contributed by atoms with Crippen molar-refractivity contribution in [2.45, 2.75) is 26.4 Å². The van der Waals surface area contributed by atoms with E-state index in [0.717, 1.165) is 16.8 Å². The highest BCUT2D eigenvalue weighted by Crippen LogP contribution is 2.18. The summed E-state index contributed by atoms with van der Waals surface area (Å²) in [6.07, 6.45) is 0.337. The maximum Gasteiger partial charge on any atom is 0.306 e. The zero-order valence-corrected chi connectivity index (χ0v) is 17.4. The number of nitrogens with zero attached hydrogens (tertiary/aromatic N) is 5. The van der Waals surface area contributed by atoms with Gasteiger partial charge in [-0.05, 0) is 18.6 Å². The largest absolute Gasteiger partial charge is 0.457 e. The topological polar surface area (TPSA) is 142 Å². The van der Waals surface area contributed by atoms with Gasteiger partial charge in [0.05, 0.1) is 6.42 Å². The first-order valence-corrected chi connectivity index (χ1v) is 9.93. The van der Waals surface area contributed by atoms with Crippen LogP contribution in [0.25, 0.3) is 11.4 Å². The number of carbonyl (C=O) groups is 1. The number of nitrogen functional groups attached to an aromatic ring is 1. The average Bonchev–Trinajstić information content (AvgIpc) is 3.27. The van der Waals surface area contributed by atoms with E-state index in [1.165, 1.54) is 0 Å². The molecule has 10 heteroatoms. The Morgan fingerprint density at radius 1 is 1.03 bits per heavy atom. The Balaban J connectivity index is 1.31. The quantitative estimate of drug-likeness (QED) is 0.399. The van der Waals surface area contributed by atoms with Crippen molar-refractivity contribution in [2.75, 3.05) is 11.1 Å². The predicted octanol–water partition coefficient (Wildman–Crippen LogP) is 3.23. The van der Waals surface area contributed by atoms with Crippen LogP contribution < -0.4 is 11.1 Å². The Bertz CT molecular complexity index is 1210. The van der Waals surface area contributed by atoms with Gasteiger partial charge in [0.2, 0.25) is 23.6 Å². The molecule has 0 saturated heterocycles. The van der Waals surface area contributed by atoms with Crippen molar-refractivity contribution in [3.63, 3.8) is 0 Å². The van der Waals surface area contributed by atoms with Gasteiger partial charge in [-0.25, -0.2) is 0 Å². The van der Waals surface area contributed by atoms with E-state index >= 15 is 0 Å². The van der Waals surface area contributed by atoms with Crippen LogP contribution in [0.15, 0.2) is 59.1 Å². The van der Waals surface area contributed by atoms with Crippen molar-refractivity contribution >= 4 is 23.6 Å². The van der Waals surface area contributed by atoms with Crippen LogP contribution in [0.5, 0.6) is 0 Å². The fourth-order valence-corrected chi connectivity index (χ4v) is 2.88. The third-order valence-electron chi connectivity index (χ3n) is 4.50. The summed E-state index contributed by atoms with van der Waals surface area (Å²) in [6, 6.07) is 17.1. The van der Waals surface area contributed by atoms with E-state index < -0.39 is 5.97 Å². The normalized spacial score (nSPS) is 10.7. The molecule has 3 N–H and O–H groups in total. The number of aromatic nitrogens is 5. The molecule has 0 saturated carbocycles. The Morgan fingerprint density at radius 3 is 2.62 bits per heavy atom. The summed E-state index contributed by atoms with van der Waals surface area (Å²) in [7, 11) is 0. The third-order valence-corrected chi connectivity index (χ3v) is 4.50. The van der Waals surface area contributed by atoms with Crippen molar-refractivity contribution in [3.8, 4) is 11.4 Å². The highest BCUT2D eigenvalue weighted by atomic mass is 16.5. The molecule has 0 aliphatic heterocycles. The second kappa shape index (κ2) is 9.65. The number of esters is 1.